The first-order valence-electron chi connectivity index (χ1n) is 6.91. The van der Waals surface area contributed by atoms with E-state index < -0.39 is 10.0 Å². The number of anilines is 1. The van der Waals surface area contributed by atoms with Crippen molar-refractivity contribution in [3.05, 3.63) is 24.3 Å². The van der Waals surface area contributed by atoms with Gasteiger partial charge in [-0.2, -0.15) is 0 Å². The van der Waals surface area contributed by atoms with Crippen molar-refractivity contribution in [2.45, 2.75) is 44.0 Å². The minimum atomic E-state index is -3.19. The third kappa shape index (κ3) is 7.17. The molecule has 1 unspecified atom stereocenters. The molecule has 0 bridgehead atoms. The summed E-state index contributed by atoms with van der Waals surface area (Å²) in [6.07, 6.45) is 3.01. The van der Waals surface area contributed by atoms with Crippen molar-refractivity contribution in [1.29, 1.82) is 0 Å². The van der Waals surface area contributed by atoms with E-state index in [9.17, 15) is 8.42 Å². The van der Waals surface area contributed by atoms with Crippen LogP contribution in [0.3, 0.4) is 0 Å². The standard InChI is InChI=1S/C14H24N2O2S2/c1-3-4-6-12(2)16-20(17,18)10-9-19-14-8-5-7-13(15)11-14/h5,7-8,11-12,16H,3-4,6,9-10,15H2,1-2H3. The number of sulfonamides is 1. The average Bonchev–Trinajstić information content (AvgIpc) is 2.35. The Balaban J connectivity index is 2.36. The molecule has 114 valence electrons. The molecule has 0 aromatic heterocycles. The van der Waals surface area contributed by atoms with E-state index in [2.05, 4.69) is 11.6 Å². The molecule has 0 aliphatic carbocycles. The van der Waals surface area contributed by atoms with Gasteiger partial charge in [0.15, 0.2) is 0 Å². The zero-order valence-corrected chi connectivity index (χ0v) is 13.8. The molecule has 4 nitrogen and oxygen atoms in total. The summed E-state index contributed by atoms with van der Waals surface area (Å²) in [5.74, 6) is 0.655. The van der Waals surface area contributed by atoms with Crippen molar-refractivity contribution in [2.75, 3.05) is 17.2 Å². The van der Waals surface area contributed by atoms with Crippen molar-refractivity contribution < 1.29 is 8.42 Å². The minimum Gasteiger partial charge on any atom is -0.399 e. The van der Waals surface area contributed by atoms with E-state index in [0.29, 0.717) is 11.4 Å². The lowest BCUT2D eigenvalue weighted by Gasteiger charge is -2.13. The Bertz CT molecular complexity index is 504. The van der Waals surface area contributed by atoms with Gasteiger partial charge in [-0.3, -0.25) is 0 Å². The van der Waals surface area contributed by atoms with E-state index in [1.165, 1.54) is 11.8 Å². The number of benzene rings is 1. The molecule has 1 atom stereocenters. The third-order valence-electron chi connectivity index (χ3n) is 2.85. The number of nitrogens with one attached hydrogen (secondary N) is 1. The molecule has 1 rings (SSSR count). The molecular formula is C14H24N2O2S2. The number of rotatable bonds is 9. The molecule has 0 heterocycles. The van der Waals surface area contributed by atoms with Gasteiger partial charge in [0.2, 0.25) is 10.0 Å². The van der Waals surface area contributed by atoms with Crippen LogP contribution in [-0.4, -0.2) is 26.0 Å². The van der Waals surface area contributed by atoms with Crippen molar-refractivity contribution in [3.63, 3.8) is 0 Å². The summed E-state index contributed by atoms with van der Waals surface area (Å²) in [6.45, 7) is 4.02. The van der Waals surface area contributed by atoms with E-state index in [1.54, 1.807) is 0 Å². The summed E-state index contributed by atoms with van der Waals surface area (Å²) in [5, 5.41) is 0. The molecule has 1 aromatic rings. The Hall–Kier alpha value is -0.720. The molecule has 0 aliphatic heterocycles. The van der Waals surface area contributed by atoms with Gasteiger partial charge in [-0.1, -0.05) is 25.8 Å². The van der Waals surface area contributed by atoms with Crippen LogP contribution in [0.1, 0.15) is 33.1 Å². The van der Waals surface area contributed by atoms with Crippen LogP contribution >= 0.6 is 11.8 Å². The Morgan fingerprint density at radius 2 is 2.15 bits per heavy atom. The maximum Gasteiger partial charge on any atom is 0.212 e. The highest BCUT2D eigenvalue weighted by molar-refractivity contribution is 8.00. The number of thioether (sulfide) groups is 1. The molecule has 1 aromatic carbocycles. The second-order valence-corrected chi connectivity index (χ2v) is 7.94. The van der Waals surface area contributed by atoms with E-state index in [4.69, 9.17) is 5.73 Å². The zero-order valence-electron chi connectivity index (χ0n) is 12.1. The highest BCUT2D eigenvalue weighted by Gasteiger charge is 2.14. The Morgan fingerprint density at radius 1 is 1.40 bits per heavy atom. The molecule has 0 radical (unpaired) electrons. The van der Waals surface area contributed by atoms with Gasteiger partial charge in [0.05, 0.1) is 5.75 Å². The van der Waals surface area contributed by atoms with Crippen molar-refractivity contribution in [2.24, 2.45) is 0 Å². The van der Waals surface area contributed by atoms with E-state index in [-0.39, 0.29) is 11.8 Å². The predicted octanol–water partition coefficient (Wildman–Crippen LogP) is 2.86. The monoisotopic (exact) mass is 316 g/mol. The van der Waals surface area contributed by atoms with Gasteiger partial charge in [0, 0.05) is 22.4 Å². The second kappa shape index (κ2) is 8.54. The SMILES string of the molecule is CCCCC(C)NS(=O)(=O)CCSc1cccc(N)c1. The molecule has 0 saturated carbocycles. The van der Waals surface area contributed by atoms with Crippen LogP contribution < -0.4 is 10.5 Å². The molecule has 0 aliphatic rings. The summed E-state index contributed by atoms with van der Waals surface area (Å²) < 4.78 is 26.5. The number of nitrogens with two attached hydrogens (primary N) is 1. The number of hydrogen-bond donors (Lipinski definition) is 2. The topological polar surface area (TPSA) is 72.2 Å². The first kappa shape index (κ1) is 17.3. The van der Waals surface area contributed by atoms with Gasteiger partial charge < -0.3 is 5.73 Å². The van der Waals surface area contributed by atoms with Gasteiger partial charge in [-0.05, 0) is 31.5 Å². The van der Waals surface area contributed by atoms with Gasteiger partial charge in [0.1, 0.15) is 0 Å². The van der Waals surface area contributed by atoms with Crippen molar-refractivity contribution >= 4 is 27.5 Å². The van der Waals surface area contributed by atoms with Gasteiger partial charge in [0.25, 0.3) is 0 Å². The molecule has 0 fully saturated rings. The van der Waals surface area contributed by atoms with Crippen LogP contribution in [0.15, 0.2) is 29.2 Å². The average molecular weight is 316 g/mol. The lowest BCUT2D eigenvalue weighted by molar-refractivity contribution is 0.535. The van der Waals surface area contributed by atoms with Crippen LogP contribution in [-0.2, 0) is 10.0 Å². The summed E-state index contributed by atoms with van der Waals surface area (Å²) in [5.41, 5.74) is 6.38. The highest BCUT2D eigenvalue weighted by Crippen LogP contribution is 2.20. The largest absolute Gasteiger partial charge is 0.399 e. The first-order chi connectivity index (χ1) is 9.43. The smallest absolute Gasteiger partial charge is 0.212 e. The van der Waals surface area contributed by atoms with Gasteiger partial charge >= 0.3 is 0 Å². The number of unbranched alkanes of at least 4 members (excludes halogenated alkanes) is 1. The summed E-state index contributed by atoms with van der Waals surface area (Å²) in [7, 11) is -3.19. The molecule has 20 heavy (non-hydrogen) atoms. The van der Waals surface area contributed by atoms with Crippen LogP contribution in [0.4, 0.5) is 5.69 Å². The van der Waals surface area contributed by atoms with E-state index in [0.717, 1.165) is 24.2 Å². The third-order valence-corrected chi connectivity index (χ3v) is 5.61. The number of nitrogen functional groups attached to an aromatic ring is 1. The summed E-state index contributed by atoms with van der Waals surface area (Å²) >= 11 is 1.51. The van der Waals surface area contributed by atoms with Crippen LogP contribution in [0.2, 0.25) is 0 Å². The molecule has 6 heteroatoms. The fraction of sp³-hybridized carbons (Fsp3) is 0.571. The second-order valence-electron chi connectivity index (χ2n) is 4.90. The fourth-order valence-corrected chi connectivity index (χ4v) is 4.50. The minimum absolute atomic E-state index is 0.0114. The Labute approximate surface area is 126 Å². The molecular weight excluding hydrogens is 292 g/mol. The molecule has 0 spiro atoms. The fourth-order valence-electron chi connectivity index (χ4n) is 1.81. The molecule has 0 saturated heterocycles. The lowest BCUT2D eigenvalue weighted by Crippen LogP contribution is -2.34. The van der Waals surface area contributed by atoms with E-state index in [1.807, 2.05) is 31.2 Å². The summed E-state index contributed by atoms with van der Waals surface area (Å²) in [4.78, 5) is 0.999. The number of hydrogen-bond acceptors (Lipinski definition) is 4. The lowest BCUT2D eigenvalue weighted by atomic mass is 10.2. The maximum absolute atomic E-state index is 11.9. The van der Waals surface area contributed by atoms with Gasteiger partial charge in [-0.15, -0.1) is 11.8 Å². The van der Waals surface area contributed by atoms with Crippen LogP contribution in [0, 0.1) is 0 Å². The van der Waals surface area contributed by atoms with E-state index >= 15 is 0 Å². The molecule has 0 amide bonds. The van der Waals surface area contributed by atoms with Crippen molar-refractivity contribution in [1.82, 2.24) is 4.72 Å². The zero-order chi connectivity index (χ0) is 15.0. The van der Waals surface area contributed by atoms with Crippen LogP contribution in [0.5, 0.6) is 0 Å². The Morgan fingerprint density at radius 3 is 2.80 bits per heavy atom. The summed E-state index contributed by atoms with van der Waals surface area (Å²) in [6, 6.07) is 7.49. The molecule has 3 N–H and O–H groups in total. The highest BCUT2D eigenvalue weighted by atomic mass is 32.2. The predicted molar refractivity (Wildman–Crippen MR) is 87.5 cm³/mol. The van der Waals surface area contributed by atoms with Crippen LogP contribution in [0.25, 0.3) is 0 Å². The van der Waals surface area contributed by atoms with Gasteiger partial charge in [-0.25, -0.2) is 13.1 Å². The first-order valence-corrected chi connectivity index (χ1v) is 9.55. The normalized spacial score (nSPS) is 13.3. The maximum atomic E-state index is 11.9. The Kier molecular flexibility index (Phi) is 7.40. The quantitative estimate of drug-likeness (QED) is 0.543. The van der Waals surface area contributed by atoms with Crippen molar-refractivity contribution in [3.8, 4) is 0 Å².